The lowest BCUT2D eigenvalue weighted by Crippen LogP contribution is -2.34. The van der Waals surface area contributed by atoms with Crippen molar-refractivity contribution in [3.63, 3.8) is 0 Å². The Morgan fingerprint density at radius 2 is 2.09 bits per heavy atom. The quantitative estimate of drug-likeness (QED) is 0.434. The van der Waals surface area contributed by atoms with Crippen molar-refractivity contribution in [2.45, 2.75) is 6.92 Å². The van der Waals surface area contributed by atoms with Crippen LogP contribution in [0.15, 0.2) is 12.4 Å². The van der Waals surface area contributed by atoms with Gasteiger partial charge >= 0.3 is 7.12 Å². The molecule has 0 aliphatic heterocycles. The molecule has 0 fully saturated rings. The third-order valence-electron chi connectivity index (χ3n) is 1.48. The van der Waals surface area contributed by atoms with Crippen molar-refractivity contribution in [1.82, 2.24) is 4.98 Å². The molecule has 0 aromatic carbocycles. The highest BCUT2D eigenvalue weighted by Gasteiger charge is 2.16. The van der Waals surface area contributed by atoms with Crippen molar-refractivity contribution >= 4 is 18.3 Å². The molecule has 0 bridgehead atoms. The first kappa shape index (κ1) is 8.04. The Hall–Kier alpha value is -1.07. The van der Waals surface area contributed by atoms with Gasteiger partial charge in [-0.3, -0.25) is 4.98 Å². The van der Waals surface area contributed by atoms with Crippen LogP contribution in [0.25, 0.3) is 0 Å². The highest BCUT2D eigenvalue weighted by atomic mass is 16.4. The molecule has 0 unspecified atom stereocenters. The second-order valence-electron chi connectivity index (χ2n) is 2.33. The van der Waals surface area contributed by atoms with Crippen molar-refractivity contribution in [3.8, 4) is 0 Å². The van der Waals surface area contributed by atoms with Crippen LogP contribution in [-0.4, -0.2) is 22.2 Å². The molecule has 1 rings (SSSR count). The Labute approximate surface area is 64.8 Å². The van der Waals surface area contributed by atoms with Crippen molar-refractivity contribution in [2.75, 3.05) is 5.73 Å². The number of hydrogen-bond acceptors (Lipinski definition) is 4. The van der Waals surface area contributed by atoms with E-state index in [1.165, 1.54) is 12.4 Å². The number of rotatable bonds is 1. The molecule has 4 N–H and O–H groups in total. The van der Waals surface area contributed by atoms with Crippen LogP contribution in [0, 0.1) is 6.92 Å². The van der Waals surface area contributed by atoms with E-state index >= 15 is 0 Å². The number of anilines is 1. The Balaban J connectivity index is 3.21. The van der Waals surface area contributed by atoms with Gasteiger partial charge in [-0.05, 0) is 12.5 Å². The average Bonchev–Trinajstić information content (AvgIpc) is 1.85. The number of nitrogen functional groups attached to an aromatic ring is 1. The van der Waals surface area contributed by atoms with Crippen LogP contribution >= 0.6 is 0 Å². The predicted octanol–water partition coefficient (Wildman–Crippen LogP) is -1.35. The summed E-state index contributed by atoms with van der Waals surface area (Å²) in [5.74, 6) is 0. The van der Waals surface area contributed by atoms with Gasteiger partial charge in [-0.2, -0.15) is 0 Å². The van der Waals surface area contributed by atoms with Crippen molar-refractivity contribution in [2.24, 2.45) is 0 Å². The fourth-order valence-corrected chi connectivity index (χ4v) is 0.949. The maximum absolute atomic E-state index is 8.83. The monoisotopic (exact) mass is 152 g/mol. The molecule has 0 spiro atoms. The van der Waals surface area contributed by atoms with Crippen molar-refractivity contribution in [1.29, 1.82) is 0 Å². The minimum atomic E-state index is -1.52. The van der Waals surface area contributed by atoms with Crippen LogP contribution in [0.1, 0.15) is 5.56 Å². The fraction of sp³-hybridized carbons (Fsp3) is 0.167. The minimum Gasteiger partial charge on any atom is -0.423 e. The third-order valence-corrected chi connectivity index (χ3v) is 1.48. The smallest absolute Gasteiger partial charge is 0.423 e. The van der Waals surface area contributed by atoms with E-state index in [9.17, 15) is 0 Å². The van der Waals surface area contributed by atoms with E-state index in [2.05, 4.69) is 4.98 Å². The molecule has 4 nitrogen and oxygen atoms in total. The molecule has 0 amide bonds. The zero-order valence-electron chi connectivity index (χ0n) is 6.15. The van der Waals surface area contributed by atoms with Gasteiger partial charge in [0, 0.05) is 17.9 Å². The topological polar surface area (TPSA) is 79.4 Å². The average molecular weight is 152 g/mol. The Morgan fingerprint density at radius 3 is 2.45 bits per heavy atom. The van der Waals surface area contributed by atoms with Crippen molar-refractivity contribution in [3.05, 3.63) is 18.0 Å². The third kappa shape index (κ3) is 1.50. The van der Waals surface area contributed by atoms with Crippen molar-refractivity contribution < 1.29 is 10.0 Å². The van der Waals surface area contributed by atoms with E-state index in [4.69, 9.17) is 15.8 Å². The molecule has 0 saturated carbocycles. The van der Waals surface area contributed by atoms with Crippen LogP contribution in [0.4, 0.5) is 5.69 Å². The molecule has 0 atom stereocenters. The summed E-state index contributed by atoms with van der Waals surface area (Å²) in [6, 6.07) is 0. The maximum atomic E-state index is 8.83. The van der Waals surface area contributed by atoms with Gasteiger partial charge in [0.05, 0.1) is 5.69 Å². The normalized spacial score (nSPS) is 9.73. The summed E-state index contributed by atoms with van der Waals surface area (Å²) in [5.41, 5.74) is 6.76. The molecule has 11 heavy (non-hydrogen) atoms. The first-order chi connectivity index (χ1) is 5.13. The van der Waals surface area contributed by atoms with E-state index in [1.54, 1.807) is 6.92 Å². The molecule has 0 aliphatic carbocycles. The highest BCUT2D eigenvalue weighted by Crippen LogP contribution is 1.99. The van der Waals surface area contributed by atoms with Gasteiger partial charge in [0.15, 0.2) is 0 Å². The number of aromatic nitrogens is 1. The molecule has 58 valence electrons. The number of nitrogens with two attached hydrogens (primary N) is 1. The van der Waals surface area contributed by atoms with Crippen LogP contribution < -0.4 is 11.2 Å². The Kier molecular flexibility index (Phi) is 2.12. The molecule has 0 radical (unpaired) electrons. The summed E-state index contributed by atoms with van der Waals surface area (Å²) in [5, 5.41) is 17.7. The summed E-state index contributed by atoms with van der Waals surface area (Å²) < 4.78 is 0. The lowest BCUT2D eigenvalue weighted by molar-refractivity contribution is 0.425. The lowest BCUT2D eigenvalue weighted by Gasteiger charge is -2.05. The lowest BCUT2D eigenvalue weighted by atomic mass is 9.77. The first-order valence-corrected chi connectivity index (χ1v) is 3.19. The summed E-state index contributed by atoms with van der Waals surface area (Å²) in [6.07, 6.45) is 2.92. The minimum absolute atomic E-state index is 0.306. The maximum Gasteiger partial charge on any atom is 0.490 e. The van der Waals surface area contributed by atoms with E-state index in [1.807, 2.05) is 0 Å². The number of pyridine rings is 1. The zero-order valence-corrected chi connectivity index (χ0v) is 6.15. The summed E-state index contributed by atoms with van der Waals surface area (Å²) >= 11 is 0. The predicted molar refractivity (Wildman–Crippen MR) is 43.2 cm³/mol. The molecule has 5 heteroatoms. The summed E-state index contributed by atoms with van der Waals surface area (Å²) in [4.78, 5) is 3.78. The molecule has 1 heterocycles. The number of hydrogen-bond donors (Lipinski definition) is 3. The first-order valence-electron chi connectivity index (χ1n) is 3.19. The molecule has 1 aromatic heterocycles. The van der Waals surface area contributed by atoms with Gasteiger partial charge in [0.2, 0.25) is 0 Å². The summed E-state index contributed by atoms with van der Waals surface area (Å²) in [7, 11) is -1.52. The van der Waals surface area contributed by atoms with E-state index in [-0.39, 0.29) is 0 Å². The van der Waals surface area contributed by atoms with Crippen LogP contribution in [0.2, 0.25) is 0 Å². The molecular formula is C6H9BN2O2. The van der Waals surface area contributed by atoms with Gasteiger partial charge in [-0.25, -0.2) is 0 Å². The zero-order chi connectivity index (χ0) is 8.43. The van der Waals surface area contributed by atoms with Gasteiger partial charge in [0.1, 0.15) is 0 Å². The molecule has 0 saturated heterocycles. The molecular weight excluding hydrogens is 143 g/mol. The van der Waals surface area contributed by atoms with Gasteiger partial charge in [-0.15, -0.1) is 0 Å². The SMILES string of the molecule is Cc1cncc(N)c1B(O)O. The standard InChI is InChI=1S/C6H9BN2O2/c1-4-2-9-3-5(8)6(4)7(10)11/h2-3,10-11H,8H2,1H3. The Bertz CT molecular complexity index is 245. The molecule has 1 aromatic rings. The van der Waals surface area contributed by atoms with Crippen LogP contribution in [0.3, 0.4) is 0 Å². The van der Waals surface area contributed by atoms with Crippen LogP contribution in [-0.2, 0) is 0 Å². The highest BCUT2D eigenvalue weighted by molar-refractivity contribution is 6.61. The fourth-order valence-electron chi connectivity index (χ4n) is 0.949. The van der Waals surface area contributed by atoms with Crippen LogP contribution in [0.5, 0.6) is 0 Å². The Morgan fingerprint density at radius 1 is 1.45 bits per heavy atom. The second-order valence-corrected chi connectivity index (χ2v) is 2.33. The van der Waals surface area contributed by atoms with E-state index < -0.39 is 7.12 Å². The van der Waals surface area contributed by atoms with Gasteiger partial charge in [0.25, 0.3) is 0 Å². The van der Waals surface area contributed by atoms with Gasteiger partial charge < -0.3 is 15.8 Å². The van der Waals surface area contributed by atoms with E-state index in [0.717, 1.165) is 0 Å². The summed E-state index contributed by atoms with van der Waals surface area (Å²) in [6.45, 7) is 1.72. The number of aryl methyl sites for hydroxylation is 1. The number of nitrogens with zero attached hydrogens (tertiary/aromatic N) is 1. The second kappa shape index (κ2) is 2.90. The largest absolute Gasteiger partial charge is 0.490 e. The molecule has 0 aliphatic rings. The van der Waals surface area contributed by atoms with Gasteiger partial charge in [-0.1, -0.05) is 0 Å². The van der Waals surface area contributed by atoms with E-state index in [0.29, 0.717) is 16.7 Å².